The molecule has 0 aliphatic carbocycles. The van der Waals surface area contributed by atoms with Gasteiger partial charge >= 0.3 is 17.9 Å². The quantitative estimate of drug-likeness (QED) is 0.150. The Morgan fingerprint density at radius 3 is 1.74 bits per heavy atom. The van der Waals surface area contributed by atoms with E-state index in [2.05, 4.69) is 16.0 Å². The van der Waals surface area contributed by atoms with Crippen molar-refractivity contribution in [1.82, 2.24) is 16.0 Å². The Bertz CT molecular complexity index is 681. The fourth-order valence-electron chi connectivity index (χ4n) is 2.49. The lowest BCUT2D eigenvalue weighted by atomic mass is 10.0. The molecular weight excluding hydrogens is 416 g/mol. The second-order valence-corrected chi connectivity index (χ2v) is 7.33. The molecule has 0 aliphatic heterocycles. The molecule has 0 spiro atoms. The average molecular weight is 446 g/mol. The number of carbonyl (C=O) groups excluding carboxylic acids is 3. The third kappa shape index (κ3) is 12.8. The molecule has 3 amide bonds. The summed E-state index contributed by atoms with van der Waals surface area (Å²) in [5, 5.41) is 33.1. The van der Waals surface area contributed by atoms with E-state index in [1.54, 1.807) is 13.8 Å². The summed E-state index contributed by atoms with van der Waals surface area (Å²) in [6.07, 6.45) is -1.18. The minimum absolute atomic E-state index is 0.0580. The number of carbonyl (C=O) groups is 6. The zero-order chi connectivity index (χ0) is 24.1. The van der Waals surface area contributed by atoms with Crippen molar-refractivity contribution in [3.63, 3.8) is 0 Å². The van der Waals surface area contributed by atoms with Crippen molar-refractivity contribution in [2.75, 3.05) is 6.54 Å². The highest BCUT2D eigenvalue weighted by molar-refractivity contribution is 5.94. The Balaban J connectivity index is 5.29. The predicted octanol–water partition coefficient (Wildman–Crippen LogP) is -1.74. The lowest BCUT2D eigenvalue weighted by Crippen LogP contribution is -2.56. The molecule has 0 radical (unpaired) electrons. The Labute approximate surface area is 178 Å². The summed E-state index contributed by atoms with van der Waals surface area (Å²) < 4.78 is 0. The molecule has 176 valence electrons. The first-order valence-corrected chi connectivity index (χ1v) is 9.62. The highest BCUT2D eigenvalue weighted by Crippen LogP contribution is 2.07. The third-order valence-electron chi connectivity index (χ3n) is 4.04. The van der Waals surface area contributed by atoms with Gasteiger partial charge in [-0.3, -0.25) is 28.8 Å². The van der Waals surface area contributed by atoms with Crippen LogP contribution in [0.25, 0.3) is 0 Å². The molecule has 0 aromatic heterocycles. The Hall–Kier alpha value is -3.22. The topological polar surface area (TPSA) is 225 Å². The molecule has 0 saturated carbocycles. The fraction of sp³-hybridized carbons (Fsp3) is 0.667. The van der Waals surface area contributed by atoms with Crippen LogP contribution in [0, 0.1) is 5.92 Å². The summed E-state index contributed by atoms with van der Waals surface area (Å²) in [5.41, 5.74) is 5.61. The molecule has 13 heteroatoms. The molecule has 3 atom stereocenters. The zero-order valence-corrected chi connectivity index (χ0v) is 17.4. The van der Waals surface area contributed by atoms with Crippen molar-refractivity contribution in [2.24, 2.45) is 11.7 Å². The van der Waals surface area contributed by atoms with Crippen molar-refractivity contribution in [3.8, 4) is 0 Å². The standard InChI is InChI=1S/C18H30N4O9/c1-9(2)7-12(17(30)20-8-15(27)28)22-18(31)11(4-6-14(25)26)21-16(29)10(19)3-5-13(23)24/h9-12H,3-8,19H2,1-2H3,(H,20,30)(H,21,29)(H,22,31)(H,23,24)(H,25,26)(H,27,28). The number of hydrogen-bond acceptors (Lipinski definition) is 7. The highest BCUT2D eigenvalue weighted by Gasteiger charge is 2.29. The van der Waals surface area contributed by atoms with Gasteiger partial charge in [-0.25, -0.2) is 0 Å². The normalized spacial score (nSPS) is 13.5. The molecular formula is C18H30N4O9. The lowest BCUT2D eigenvalue weighted by Gasteiger charge is -2.24. The van der Waals surface area contributed by atoms with Gasteiger partial charge in [-0.05, 0) is 25.2 Å². The van der Waals surface area contributed by atoms with Crippen LogP contribution in [-0.4, -0.2) is 75.6 Å². The molecule has 0 rings (SSSR count). The molecule has 3 unspecified atom stereocenters. The molecule has 0 bridgehead atoms. The summed E-state index contributed by atoms with van der Waals surface area (Å²) in [4.78, 5) is 69.3. The molecule has 0 fully saturated rings. The van der Waals surface area contributed by atoms with Crippen molar-refractivity contribution >= 4 is 35.6 Å². The van der Waals surface area contributed by atoms with E-state index in [0.29, 0.717) is 0 Å². The van der Waals surface area contributed by atoms with E-state index in [1.807, 2.05) is 0 Å². The first-order valence-electron chi connectivity index (χ1n) is 9.62. The van der Waals surface area contributed by atoms with Gasteiger partial charge in [0.2, 0.25) is 17.7 Å². The number of hydrogen-bond donors (Lipinski definition) is 7. The first kappa shape index (κ1) is 27.8. The van der Waals surface area contributed by atoms with Crippen LogP contribution in [0.1, 0.15) is 46.0 Å². The Kier molecular flexibility index (Phi) is 12.5. The summed E-state index contributed by atoms with van der Waals surface area (Å²) in [7, 11) is 0. The number of carboxylic acid groups (broad SMARTS) is 3. The van der Waals surface area contributed by atoms with Crippen LogP contribution in [0.15, 0.2) is 0 Å². The smallest absolute Gasteiger partial charge is 0.322 e. The van der Waals surface area contributed by atoms with E-state index >= 15 is 0 Å². The minimum Gasteiger partial charge on any atom is -0.481 e. The zero-order valence-electron chi connectivity index (χ0n) is 17.4. The van der Waals surface area contributed by atoms with Gasteiger partial charge < -0.3 is 37.0 Å². The minimum atomic E-state index is -1.35. The predicted molar refractivity (Wildman–Crippen MR) is 106 cm³/mol. The molecule has 0 aromatic rings. The van der Waals surface area contributed by atoms with Gasteiger partial charge in [0.25, 0.3) is 0 Å². The van der Waals surface area contributed by atoms with E-state index in [4.69, 9.17) is 21.1 Å². The van der Waals surface area contributed by atoms with Gasteiger partial charge in [0.1, 0.15) is 18.6 Å². The van der Waals surface area contributed by atoms with E-state index < -0.39 is 66.7 Å². The van der Waals surface area contributed by atoms with Gasteiger partial charge in [0.15, 0.2) is 0 Å². The van der Waals surface area contributed by atoms with Gasteiger partial charge in [-0.15, -0.1) is 0 Å². The molecule has 0 heterocycles. The second kappa shape index (κ2) is 13.9. The van der Waals surface area contributed by atoms with Crippen molar-refractivity contribution in [2.45, 2.75) is 64.1 Å². The number of nitrogens with two attached hydrogens (primary N) is 1. The van der Waals surface area contributed by atoms with Crippen LogP contribution < -0.4 is 21.7 Å². The summed E-state index contributed by atoms with van der Waals surface area (Å²) >= 11 is 0. The van der Waals surface area contributed by atoms with Crippen molar-refractivity contribution < 1.29 is 44.1 Å². The monoisotopic (exact) mass is 446 g/mol. The van der Waals surface area contributed by atoms with E-state index in [1.165, 1.54) is 0 Å². The van der Waals surface area contributed by atoms with E-state index in [9.17, 15) is 28.8 Å². The van der Waals surface area contributed by atoms with Crippen LogP contribution in [0.3, 0.4) is 0 Å². The maximum atomic E-state index is 12.7. The molecule has 31 heavy (non-hydrogen) atoms. The first-order chi connectivity index (χ1) is 14.3. The van der Waals surface area contributed by atoms with E-state index in [-0.39, 0.29) is 31.6 Å². The van der Waals surface area contributed by atoms with Crippen LogP contribution in [0.4, 0.5) is 0 Å². The number of rotatable bonds is 15. The van der Waals surface area contributed by atoms with E-state index in [0.717, 1.165) is 0 Å². The summed E-state index contributed by atoms with van der Waals surface area (Å²) in [6.45, 7) is 2.89. The van der Waals surface area contributed by atoms with Gasteiger partial charge in [-0.2, -0.15) is 0 Å². The van der Waals surface area contributed by atoms with Gasteiger partial charge in [0, 0.05) is 12.8 Å². The molecule has 13 nitrogen and oxygen atoms in total. The van der Waals surface area contributed by atoms with Gasteiger partial charge in [-0.1, -0.05) is 13.8 Å². The number of carboxylic acids is 3. The third-order valence-corrected chi connectivity index (χ3v) is 4.04. The highest BCUT2D eigenvalue weighted by atomic mass is 16.4. The van der Waals surface area contributed by atoms with Crippen LogP contribution in [0.5, 0.6) is 0 Å². The maximum Gasteiger partial charge on any atom is 0.322 e. The molecule has 0 saturated heterocycles. The van der Waals surface area contributed by atoms with Crippen LogP contribution >= 0.6 is 0 Å². The maximum absolute atomic E-state index is 12.7. The number of aliphatic carboxylic acids is 3. The molecule has 0 aromatic carbocycles. The van der Waals surface area contributed by atoms with Crippen molar-refractivity contribution in [1.29, 1.82) is 0 Å². The summed E-state index contributed by atoms with van der Waals surface area (Å²) in [5.74, 6) is -6.15. The Morgan fingerprint density at radius 1 is 0.742 bits per heavy atom. The van der Waals surface area contributed by atoms with Crippen molar-refractivity contribution in [3.05, 3.63) is 0 Å². The second-order valence-electron chi connectivity index (χ2n) is 7.33. The Morgan fingerprint density at radius 2 is 1.26 bits per heavy atom. The SMILES string of the molecule is CC(C)CC(NC(=O)C(CCC(=O)O)NC(=O)C(N)CCC(=O)O)C(=O)NCC(=O)O. The largest absolute Gasteiger partial charge is 0.481 e. The molecule has 0 aliphatic rings. The van der Waals surface area contributed by atoms with Crippen LogP contribution in [0.2, 0.25) is 0 Å². The number of nitrogens with one attached hydrogen (secondary N) is 3. The number of amides is 3. The molecule has 8 N–H and O–H groups in total. The summed E-state index contributed by atoms with van der Waals surface area (Å²) in [6, 6.07) is -3.69. The van der Waals surface area contributed by atoms with Crippen LogP contribution in [-0.2, 0) is 28.8 Å². The fourth-order valence-corrected chi connectivity index (χ4v) is 2.49. The van der Waals surface area contributed by atoms with Gasteiger partial charge in [0.05, 0.1) is 6.04 Å². The average Bonchev–Trinajstić information content (AvgIpc) is 2.65. The lowest BCUT2D eigenvalue weighted by molar-refractivity contribution is -0.139.